The quantitative estimate of drug-likeness (QED) is 0.811. The first-order valence-electron chi connectivity index (χ1n) is 5.94. The first kappa shape index (κ1) is 11.4. The number of nitrogens with one attached hydrogen (secondary N) is 1. The maximum Gasteiger partial charge on any atom is 0.115 e. The number of likely N-dealkylation sites (N-methyl/N-ethyl adjacent to an activating group) is 1. The van der Waals surface area contributed by atoms with Gasteiger partial charge in [-0.1, -0.05) is 12.1 Å². The summed E-state index contributed by atoms with van der Waals surface area (Å²) in [5.74, 6) is 0.334. The van der Waals surface area contributed by atoms with Crippen LogP contribution in [-0.4, -0.2) is 36.2 Å². The van der Waals surface area contributed by atoms with E-state index in [1.807, 2.05) is 12.1 Å². The van der Waals surface area contributed by atoms with Gasteiger partial charge in [0, 0.05) is 19.1 Å². The second kappa shape index (κ2) is 5.32. The van der Waals surface area contributed by atoms with E-state index in [1.54, 1.807) is 12.1 Å². The molecule has 16 heavy (non-hydrogen) atoms. The number of rotatable bonds is 3. The maximum atomic E-state index is 9.18. The number of phenolic OH excluding ortho intramolecular Hbond substituents is 1. The molecule has 3 heteroatoms. The summed E-state index contributed by atoms with van der Waals surface area (Å²) < 4.78 is 0. The maximum absolute atomic E-state index is 9.18. The van der Waals surface area contributed by atoms with Crippen LogP contribution in [0.4, 0.5) is 0 Å². The normalized spacial score (nSPS) is 22.2. The van der Waals surface area contributed by atoms with Crippen molar-refractivity contribution in [2.75, 3.05) is 20.1 Å². The Hall–Kier alpha value is -1.06. The Balaban J connectivity index is 1.80. The molecule has 1 aliphatic rings. The molecule has 1 heterocycles. The van der Waals surface area contributed by atoms with Gasteiger partial charge in [-0.3, -0.25) is 0 Å². The minimum absolute atomic E-state index is 0.334. The third kappa shape index (κ3) is 3.22. The molecule has 3 nitrogen and oxygen atoms in total. The first-order valence-corrected chi connectivity index (χ1v) is 5.94. The Bertz CT molecular complexity index is 323. The minimum Gasteiger partial charge on any atom is -0.508 e. The van der Waals surface area contributed by atoms with Gasteiger partial charge >= 0.3 is 0 Å². The molecule has 1 saturated heterocycles. The van der Waals surface area contributed by atoms with Crippen LogP contribution >= 0.6 is 0 Å². The highest BCUT2D eigenvalue weighted by molar-refractivity contribution is 5.25. The Labute approximate surface area is 97.1 Å². The monoisotopic (exact) mass is 220 g/mol. The van der Waals surface area contributed by atoms with Gasteiger partial charge in [-0.05, 0) is 44.1 Å². The molecule has 1 fully saturated rings. The van der Waals surface area contributed by atoms with Crippen LogP contribution in [0.1, 0.15) is 18.4 Å². The highest BCUT2D eigenvalue weighted by Crippen LogP contribution is 2.11. The van der Waals surface area contributed by atoms with Crippen molar-refractivity contribution in [3.05, 3.63) is 29.8 Å². The van der Waals surface area contributed by atoms with Crippen molar-refractivity contribution >= 4 is 0 Å². The van der Waals surface area contributed by atoms with Gasteiger partial charge in [0.15, 0.2) is 0 Å². The lowest BCUT2D eigenvalue weighted by Crippen LogP contribution is -2.43. The summed E-state index contributed by atoms with van der Waals surface area (Å²) in [6.45, 7) is 3.24. The molecular weight excluding hydrogens is 200 g/mol. The van der Waals surface area contributed by atoms with Gasteiger partial charge in [-0.15, -0.1) is 0 Å². The second-order valence-corrected chi connectivity index (χ2v) is 4.65. The van der Waals surface area contributed by atoms with E-state index in [4.69, 9.17) is 0 Å². The summed E-state index contributed by atoms with van der Waals surface area (Å²) in [5, 5.41) is 12.7. The summed E-state index contributed by atoms with van der Waals surface area (Å²) in [4.78, 5) is 2.37. The number of likely N-dealkylation sites (tertiary alicyclic amines) is 1. The fraction of sp³-hybridized carbons (Fsp3) is 0.538. The SMILES string of the molecule is CN1CCCC(NCc2ccc(O)cc2)C1. The van der Waals surface area contributed by atoms with Crippen molar-refractivity contribution in [1.29, 1.82) is 0 Å². The lowest BCUT2D eigenvalue weighted by Gasteiger charge is -2.30. The highest BCUT2D eigenvalue weighted by atomic mass is 16.3. The number of piperidine rings is 1. The molecule has 88 valence electrons. The van der Waals surface area contributed by atoms with Crippen molar-refractivity contribution < 1.29 is 5.11 Å². The van der Waals surface area contributed by atoms with Crippen molar-refractivity contribution in [1.82, 2.24) is 10.2 Å². The zero-order valence-corrected chi connectivity index (χ0v) is 9.82. The van der Waals surface area contributed by atoms with E-state index in [0.29, 0.717) is 11.8 Å². The molecule has 0 saturated carbocycles. The third-order valence-electron chi connectivity index (χ3n) is 3.16. The van der Waals surface area contributed by atoms with Gasteiger partial charge in [-0.2, -0.15) is 0 Å². The molecule has 0 radical (unpaired) electrons. The number of benzene rings is 1. The van der Waals surface area contributed by atoms with E-state index >= 15 is 0 Å². The summed E-state index contributed by atoms with van der Waals surface area (Å²) in [6, 6.07) is 8.02. The summed E-state index contributed by atoms with van der Waals surface area (Å²) in [5.41, 5.74) is 1.23. The van der Waals surface area contributed by atoms with Crippen molar-refractivity contribution in [3.8, 4) is 5.75 Å². The Morgan fingerprint density at radius 2 is 2.12 bits per heavy atom. The molecule has 1 aromatic rings. The molecule has 0 aliphatic carbocycles. The number of aromatic hydroxyl groups is 1. The fourth-order valence-electron chi connectivity index (χ4n) is 2.21. The van der Waals surface area contributed by atoms with E-state index in [-0.39, 0.29) is 0 Å². The molecule has 1 aliphatic heterocycles. The predicted molar refractivity (Wildman–Crippen MR) is 65.5 cm³/mol. The van der Waals surface area contributed by atoms with E-state index < -0.39 is 0 Å². The van der Waals surface area contributed by atoms with Crippen molar-refractivity contribution in [2.24, 2.45) is 0 Å². The predicted octanol–water partition coefficient (Wildman–Crippen LogP) is 1.58. The van der Waals surface area contributed by atoms with E-state index in [9.17, 15) is 5.11 Å². The van der Waals surface area contributed by atoms with Gasteiger partial charge in [0.25, 0.3) is 0 Å². The van der Waals surface area contributed by atoms with E-state index in [1.165, 1.54) is 24.9 Å². The number of phenols is 1. The van der Waals surface area contributed by atoms with Crippen LogP contribution in [-0.2, 0) is 6.54 Å². The molecule has 0 amide bonds. The zero-order chi connectivity index (χ0) is 11.4. The molecular formula is C13H20N2O. The fourth-order valence-corrected chi connectivity index (χ4v) is 2.21. The van der Waals surface area contributed by atoms with Crippen molar-refractivity contribution in [2.45, 2.75) is 25.4 Å². The minimum atomic E-state index is 0.334. The van der Waals surface area contributed by atoms with Gasteiger partial charge in [-0.25, -0.2) is 0 Å². The molecule has 2 rings (SSSR count). The van der Waals surface area contributed by atoms with Gasteiger partial charge in [0.05, 0.1) is 0 Å². The number of hydrogen-bond acceptors (Lipinski definition) is 3. The smallest absolute Gasteiger partial charge is 0.115 e. The largest absolute Gasteiger partial charge is 0.508 e. The average Bonchev–Trinajstić information content (AvgIpc) is 2.28. The highest BCUT2D eigenvalue weighted by Gasteiger charge is 2.15. The molecule has 1 unspecified atom stereocenters. The zero-order valence-electron chi connectivity index (χ0n) is 9.82. The van der Waals surface area contributed by atoms with Gasteiger partial charge in [0.2, 0.25) is 0 Å². The summed E-state index contributed by atoms with van der Waals surface area (Å²) in [6.07, 6.45) is 2.55. The Morgan fingerprint density at radius 3 is 2.81 bits per heavy atom. The lowest BCUT2D eigenvalue weighted by atomic mass is 10.1. The molecule has 0 bridgehead atoms. The molecule has 1 aromatic carbocycles. The lowest BCUT2D eigenvalue weighted by molar-refractivity contribution is 0.226. The van der Waals surface area contributed by atoms with E-state index in [2.05, 4.69) is 17.3 Å². The topological polar surface area (TPSA) is 35.5 Å². The van der Waals surface area contributed by atoms with E-state index in [0.717, 1.165) is 13.1 Å². The average molecular weight is 220 g/mol. The van der Waals surface area contributed by atoms with Crippen LogP contribution in [0.5, 0.6) is 5.75 Å². The third-order valence-corrected chi connectivity index (χ3v) is 3.16. The molecule has 1 atom stereocenters. The van der Waals surface area contributed by atoms with Crippen LogP contribution in [0.25, 0.3) is 0 Å². The van der Waals surface area contributed by atoms with Crippen LogP contribution < -0.4 is 5.32 Å². The summed E-state index contributed by atoms with van der Waals surface area (Å²) in [7, 11) is 2.17. The Kier molecular flexibility index (Phi) is 3.80. The molecule has 2 N–H and O–H groups in total. The van der Waals surface area contributed by atoms with Crippen LogP contribution in [0.15, 0.2) is 24.3 Å². The number of nitrogens with zero attached hydrogens (tertiary/aromatic N) is 1. The van der Waals surface area contributed by atoms with Gasteiger partial charge in [0.1, 0.15) is 5.75 Å². The molecule has 0 spiro atoms. The van der Waals surface area contributed by atoms with Crippen LogP contribution in [0, 0.1) is 0 Å². The van der Waals surface area contributed by atoms with Gasteiger partial charge < -0.3 is 15.3 Å². The van der Waals surface area contributed by atoms with Crippen LogP contribution in [0.2, 0.25) is 0 Å². The Morgan fingerprint density at radius 1 is 1.38 bits per heavy atom. The second-order valence-electron chi connectivity index (χ2n) is 4.65. The molecule has 0 aromatic heterocycles. The van der Waals surface area contributed by atoms with Crippen LogP contribution in [0.3, 0.4) is 0 Å². The van der Waals surface area contributed by atoms with Crippen molar-refractivity contribution in [3.63, 3.8) is 0 Å². The standard InChI is InChI=1S/C13H20N2O/c1-15-8-2-3-12(10-15)14-9-11-4-6-13(16)7-5-11/h4-7,12,14,16H,2-3,8-10H2,1H3. The number of hydrogen-bond donors (Lipinski definition) is 2. The first-order chi connectivity index (χ1) is 7.74. The summed E-state index contributed by atoms with van der Waals surface area (Å²) >= 11 is 0.